The molecule has 0 saturated heterocycles. The maximum Gasteiger partial charge on any atom is 0.276 e. The Labute approximate surface area is 144 Å². The van der Waals surface area contributed by atoms with E-state index in [-0.39, 0.29) is 13.0 Å². The number of hydrazine groups is 1. The first-order chi connectivity index (χ1) is 12.1. The number of hydrogen-bond acceptors (Lipinski definition) is 5. The molecule has 0 aliphatic rings. The van der Waals surface area contributed by atoms with Gasteiger partial charge in [-0.05, 0) is 18.1 Å². The number of benzene rings is 2. The fraction of sp³-hybridized carbons (Fsp3) is 0.167. The predicted octanol–water partition coefficient (Wildman–Crippen LogP) is 0.410. The van der Waals surface area contributed by atoms with Crippen LogP contribution in [0.4, 0.5) is 0 Å². The van der Waals surface area contributed by atoms with Crippen molar-refractivity contribution in [3.63, 3.8) is 0 Å². The summed E-state index contributed by atoms with van der Waals surface area (Å²) in [5, 5.41) is 10.3. The molecule has 0 aliphatic carbocycles. The van der Waals surface area contributed by atoms with E-state index in [4.69, 9.17) is 4.74 Å². The van der Waals surface area contributed by atoms with Gasteiger partial charge in [0.1, 0.15) is 5.75 Å². The first-order valence-electron chi connectivity index (χ1n) is 7.61. The molecule has 0 atom stereocenters. The van der Waals surface area contributed by atoms with Crippen molar-refractivity contribution in [2.75, 3.05) is 6.61 Å². The van der Waals surface area contributed by atoms with E-state index in [0.717, 1.165) is 11.1 Å². The molecule has 2 N–H and O–H groups in total. The second kappa shape index (κ2) is 9.07. The third-order valence-corrected chi connectivity index (χ3v) is 3.23. The van der Waals surface area contributed by atoms with Crippen LogP contribution in [0.5, 0.6) is 5.75 Å². The molecule has 0 radical (unpaired) electrons. The highest BCUT2D eigenvalue weighted by Gasteiger charge is 2.09. The van der Waals surface area contributed by atoms with Crippen molar-refractivity contribution in [2.24, 2.45) is 0 Å². The molecule has 2 aromatic rings. The van der Waals surface area contributed by atoms with Crippen molar-refractivity contribution in [1.82, 2.24) is 10.9 Å². The van der Waals surface area contributed by atoms with E-state index in [0.29, 0.717) is 5.75 Å². The molecule has 0 bridgehead atoms. The number of carboxylic acid groups (broad SMARTS) is 1. The molecule has 7 nitrogen and oxygen atoms in total. The third-order valence-electron chi connectivity index (χ3n) is 3.23. The zero-order valence-electron chi connectivity index (χ0n) is 13.4. The number of aliphatic carboxylic acids is 1. The highest BCUT2D eigenvalue weighted by Crippen LogP contribution is 2.29. The molecular formula is C18H17N2O5-. The minimum absolute atomic E-state index is 0.277. The van der Waals surface area contributed by atoms with E-state index in [1.807, 2.05) is 42.5 Å². The van der Waals surface area contributed by atoms with E-state index in [2.05, 4.69) is 10.9 Å². The number of amides is 2. The molecular weight excluding hydrogens is 324 g/mol. The van der Waals surface area contributed by atoms with Crippen LogP contribution in [0.15, 0.2) is 54.6 Å². The average molecular weight is 341 g/mol. The summed E-state index contributed by atoms with van der Waals surface area (Å²) in [6.07, 6.45) is -0.692. The lowest BCUT2D eigenvalue weighted by atomic mass is 10.1. The van der Waals surface area contributed by atoms with Crippen molar-refractivity contribution in [1.29, 1.82) is 0 Å². The summed E-state index contributed by atoms with van der Waals surface area (Å²) in [4.78, 5) is 33.3. The lowest BCUT2D eigenvalue weighted by Crippen LogP contribution is -2.44. The molecule has 7 heteroatoms. The van der Waals surface area contributed by atoms with Gasteiger partial charge in [0, 0.05) is 18.0 Å². The summed E-state index contributed by atoms with van der Waals surface area (Å²) >= 11 is 0. The molecule has 0 saturated carbocycles. The number of para-hydroxylation sites is 1. The number of carbonyl (C=O) groups is 3. The Bertz CT molecular complexity index is 746. The summed E-state index contributed by atoms with van der Waals surface area (Å²) in [5.41, 5.74) is 6.06. The van der Waals surface area contributed by atoms with Crippen LogP contribution in [0.25, 0.3) is 11.1 Å². The number of carboxylic acids is 1. The Morgan fingerprint density at radius 2 is 1.48 bits per heavy atom. The van der Waals surface area contributed by atoms with Gasteiger partial charge < -0.3 is 14.6 Å². The van der Waals surface area contributed by atoms with Crippen LogP contribution in [-0.2, 0) is 14.4 Å². The van der Waals surface area contributed by atoms with Gasteiger partial charge in [-0.3, -0.25) is 20.4 Å². The third kappa shape index (κ3) is 5.98. The maximum absolute atomic E-state index is 11.7. The van der Waals surface area contributed by atoms with Crippen LogP contribution in [-0.4, -0.2) is 24.4 Å². The fourth-order valence-corrected chi connectivity index (χ4v) is 2.05. The Kier molecular flexibility index (Phi) is 6.53. The van der Waals surface area contributed by atoms with Gasteiger partial charge in [0.2, 0.25) is 5.91 Å². The second-order valence-electron chi connectivity index (χ2n) is 5.12. The lowest BCUT2D eigenvalue weighted by Gasteiger charge is -2.12. The second-order valence-corrected chi connectivity index (χ2v) is 5.12. The van der Waals surface area contributed by atoms with Crippen molar-refractivity contribution in [3.05, 3.63) is 54.6 Å². The summed E-state index contributed by atoms with van der Waals surface area (Å²) in [7, 11) is 0. The lowest BCUT2D eigenvalue weighted by molar-refractivity contribution is -0.305. The van der Waals surface area contributed by atoms with Gasteiger partial charge in [0.25, 0.3) is 5.91 Å². The molecule has 2 amide bonds. The van der Waals surface area contributed by atoms with Gasteiger partial charge >= 0.3 is 0 Å². The Morgan fingerprint density at radius 1 is 0.840 bits per heavy atom. The molecule has 0 aliphatic heterocycles. The van der Waals surface area contributed by atoms with E-state index < -0.39 is 24.2 Å². The van der Waals surface area contributed by atoms with E-state index in [9.17, 15) is 19.5 Å². The van der Waals surface area contributed by atoms with Crippen molar-refractivity contribution in [2.45, 2.75) is 12.8 Å². The zero-order valence-corrected chi connectivity index (χ0v) is 13.4. The van der Waals surface area contributed by atoms with Crippen LogP contribution < -0.4 is 20.7 Å². The Hall–Kier alpha value is -3.35. The minimum atomic E-state index is -1.33. The largest absolute Gasteiger partial charge is 0.550 e. The first kappa shape index (κ1) is 18.0. The smallest absolute Gasteiger partial charge is 0.276 e. The number of ether oxygens (including phenoxy) is 1. The van der Waals surface area contributed by atoms with Gasteiger partial charge in [-0.15, -0.1) is 0 Å². The molecule has 0 aromatic heterocycles. The van der Waals surface area contributed by atoms with Gasteiger partial charge in [-0.2, -0.15) is 0 Å². The zero-order chi connectivity index (χ0) is 18.1. The molecule has 0 heterocycles. The van der Waals surface area contributed by atoms with Gasteiger partial charge in [0.15, 0.2) is 6.61 Å². The van der Waals surface area contributed by atoms with E-state index >= 15 is 0 Å². The van der Waals surface area contributed by atoms with Gasteiger partial charge in [-0.25, -0.2) is 0 Å². The highest BCUT2D eigenvalue weighted by molar-refractivity contribution is 5.84. The Morgan fingerprint density at radius 3 is 2.20 bits per heavy atom. The predicted molar refractivity (Wildman–Crippen MR) is 87.9 cm³/mol. The van der Waals surface area contributed by atoms with Crippen LogP contribution in [0.2, 0.25) is 0 Å². The molecule has 25 heavy (non-hydrogen) atoms. The monoisotopic (exact) mass is 341 g/mol. The summed E-state index contributed by atoms with van der Waals surface area (Å²) in [6.45, 7) is -0.301. The normalized spacial score (nSPS) is 9.92. The number of carbonyl (C=O) groups excluding carboxylic acids is 3. The van der Waals surface area contributed by atoms with Crippen molar-refractivity contribution in [3.8, 4) is 16.9 Å². The summed E-state index contributed by atoms with van der Waals surface area (Å²) in [5.74, 6) is -1.98. The van der Waals surface area contributed by atoms with Crippen molar-refractivity contribution < 1.29 is 24.2 Å². The van der Waals surface area contributed by atoms with Crippen LogP contribution in [0, 0.1) is 0 Å². The van der Waals surface area contributed by atoms with Crippen molar-refractivity contribution >= 4 is 17.8 Å². The standard InChI is InChI=1S/C18H18N2O5/c21-16(10-11-18(23)24)19-20-17(22)12-25-15-9-5-4-8-14(15)13-6-2-1-3-7-13/h1-9H,10-12H2,(H,19,21)(H,20,22)(H,23,24)/p-1. The van der Waals surface area contributed by atoms with E-state index in [1.54, 1.807) is 12.1 Å². The molecule has 130 valence electrons. The Balaban J connectivity index is 1.86. The maximum atomic E-state index is 11.7. The van der Waals surface area contributed by atoms with Gasteiger partial charge in [0.05, 0.1) is 0 Å². The molecule has 2 aromatic carbocycles. The average Bonchev–Trinajstić information content (AvgIpc) is 2.64. The summed E-state index contributed by atoms with van der Waals surface area (Å²) < 4.78 is 5.52. The van der Waals surface area contributed by atoms with Crippen LogP contribution >= 0.6 is 0 Å². The molecule has 2 rings (SSSR count). The molecule has 0 spiro atoms. The topological polar surface area (TPSA) is 108 Å². The van der Waals surface area contributed by atoms with E-state index in [1.165, 1.54) is 0 Å². The molecule has 0 fully saturated rings. The minimum Gasteiger partial charge on any atom is -0.550 e. The number of nitrogens with one attached hydrogen (secondary N) is 2. The SMILES string of the molecule is O=C([O-])CCC(=O)NNC(=O)COc1ccccc1-c1ccccc1. The highest BCUT2D eigenvalue weighted by atomic mass is 16.5. The fourth-order valence-electron chi connectivity index (χ4n) is 2.05. The molecule has 0 unspecified atom stereocenters. The first-order valence-corrected chi connectivity index (χ1v) is 7.61. The quantitative estimate of drug-likeness (QED) is 0.709. The number of hydrogen-bond donors (Lipinski definition) is 2. The van der Waals surface area contributed by atoms with Crippen LogP contribution in [0.1, 0.15) is 12.8 Å². The van der Waals surface area contributed by atoms with Crippen LogP contribution in [0.3, 0.4) is 0 Å². The van der Waals surface area contributed by atoms with Gasteiger partial charge in [-0.1, -0.05) is 48.5 Å². The number of rotatable bonds is 7. The summed E-state index contributed by atoms with van der Waals surface area (Å²) in [6, 6.07) is 16.9.